The van der Waals surface area contributed by atoms with Crippen LogP contribution in [0.2, 0.25) is 0 Å². The largest absolute Gasteiger partial charge is 0.337 e. The molecule has 0 saturated heterocycles. The Hall–Kier alpha value is -3.09. The molecule has 7 nitrogen and oxygen atoms in total. The van der Waals surface area contributed by atoms with E-state index in [1.54, 1.807) is 36.7 Å². The summed E-state index contributed by atoms with van der Waals surface area (Å²) in [6.07, 6.45) is 6.51. The molecule has 7 heteroatoms. The number of carbonyl (C=O) groups excluding carboxylic acids is 1. The minimum Gasteiger partial charge on any atom is -0.337 e. The second-order valence-corrected chi connectivity index (χ2v) is 6.88. The van der Waals surface area contributed by atoms with E-state index in [9.17, 15) is 4.79 Å². The molecule has 0 spiro atoms. The highest BCUT2D eigenvalue weighted by atomic mass is 16.2. The topological polar surface area (TPSA) is 76.8 Å². The van der Waals surface area contributed by atoms with Crippen LogP contribution in [0.25, 0.3) is 11.4 Å². The first-order valence-electron chi connectivity index (χ1n) is 8.91. The van der Waals surface area contributed by atoms with E-state index in [1.807, 2.05) is 30.7 Å². The standard InChI is InChI=1S/C20H24N6O/c1-13(2)26-15(4)18(14(3)24-26)12-25(5)20(27)17-10-22-19(23-11-17)16-6-8-21-9-7-16/h6-11,13H,12H2,1-5H3. The number of hydrogen-bond acceptors (Lipinski definition) is 5. The maximum atomic E-state index is 12.8. The predicted molar refractivity (Wildman–Crippen MR) is 103 cm³/mol. The number of aromatic nitrogens is 5. The summed E-state index contributed by atoms with van der Waals surface area (Å²) in [5, 5.41) is 4.59. The van der Waals surface area contributed by atoms with Gasteiger partial charge in [-0.3, -0.25) is 14.5 Å². The van der Waals surface area contributed by atoms with Crippen molar-refractivity contribution < 1.29 is 4.79 Å². The number of amides is 1. The Balaban J connectivity index is 1.76. The average Bonchev–Trinajstić information content (AvgIpc) is 2.96. The third-order valence-electron chi connectivity index (χ3n) is 4.54. The van der Waals surface area contributed by atoms with E-state index in [0.29, 0.717) is 17.9 Å². The number of aryl methyl sites for hydroxylation is 1. The second-order valence-electron chi connectivity index (χ2n) is 6.88. The van der Waals surface area contributed by atoms with Gasteiger partial charge in [0.15, 0.2) is 5.82 Å². The molecule has 0 fully saturated rings. The molecule has 0 radical (unpaired) electrons. The fraction of sp³-hybridized carbons (Fsp3) is 0.350. The zero-order valence-corrected chi connectivity index (χ0v) is 16.3. The van der Waals surface area contributed by atoms with Gasteiger partial charge in [0, 0.05) is 61.2 Å². The van der Waals surface area contributed by atoms with Gasteiger partial charge in [0.05, 0.1) is 11.3 Å². The molecule has 0 N–H and O–H groups in total. The lowest BCUT2D eigenvalue weighted by Crippen LogP contribution is -2.27. The zero-order valence-electron chi connectivity index (χ0n) is 16.3. The molecular weight excluding hydrogens is 340 g/mol. The fourth-order valence-electron chi connectivity index (χ4n) is 3.05. The summed E-state index contributed by atoms with van der Waals surface area (Å²) in [7, 11) is 1.78. The van der Waals surface area contributed by atoms with Crippen LogP contribution in [0, 0.1) is 13.8 Å². The van der Waals surface area contributed by atoms with Crippen molar-refractivity contribution >= 4 is 5.91 Å². The maximum Gasteiger partial charge on any atom is 0.257 e. The van der Waals surface area contributed by atoms with Gasteiger partial charge in [-0.15, -0.1) is 0 Å². The molecule has 3 rings (SSSR count). The minimum absolute atomic E-state index is 0.118. The first-order valence-corrected chi connectivity index (χ1v) is 8.91. The summed E-state index contributed by atoms with van der Waals surface area (Å²) in [6.45, 7) is 8.71. The summed E-state index contributed by atoms with van der Waals surface area (Å²) in [5.74, 6) is 0.453. The number of hydrogen-bond donors (Lipinski definition) is 0. The molecular formula is C20H24N6O. The van der Waals surface area contributed by atoms with Crippen LogP contribution in [0.1, 0.15) is 47.2 Å². The van der Waals surface area contributed by atoms with Gasteiger partial charge in [0.2, 0.25) is 0 Å². The second kappa shape index (κ2) is 7.65. The van der Waals surface area contributed by atoms with E-state index in [0.717, 1.165) is 22.5 Å². The van der Waals surface area contributed by atoms with Crippen LogP contribution in [0.15, 0.2) is 36.9 Å². The minimum atomic E-state index is -0.118. The van der Waals surface area contributed by atoms with E-state index in [-0.39, 0.29) is 11.9 Å². The van der Waals surface area contributed by atoms with Crippen molar-refractivity contribution in [1.29, 1.82) is 0 Å². The van der Waals surface area contributed by atoms with Crippen LogP contribution < -0.4 is 0 Å². The third kappa shape index (κ3) is 3.86. The van der Waals surface area contributed by atoms with Crippen LogP contribution in [-0.2, 0) is 6.54 Å². The number of nitrogens with zero attached hydrogens (tertiary/aromatic N) is 6. The molecule has 0 unspecified atom stereocenters. The molecule has 0 bridgehead atoms. The van der Waals surface area contributed by atoms with Crippen molar-refractivity contribution in [2.75, 3.05) is 7.05 Å². The van der Waals surface area contributed by atoms with Gasteiger partial charge < -0.3 is 4.90 Å². The van der Waals surface area contributed by atoms with Gasteiger partial charge in [0.1, 0.15) is 0 Å². The predicted octanol–water partition coefficient (Wildman–Crippen LogP) is 3.21. The van der Waals surface area contributed by atoms with Crippen LogP contribution in [-0.4, -0.2) is 42.6 Å². The molecule has 0 atom stereocenters. The Morgan fingerprint density at radius 2 is 1.78 bits per heavy atom. The van der Waals surface area contributed by atoms with Crippen molar-refractivity contribution in [3.8, 4) is 11.4 Å². The van der Waals surface area contributed by atoms with Crippen LogP contribution in [0.3, 0.4) is 0 Å². The fourth-order valence-corrected chi connectivity index (χ4v) is 3.05. The summed E-state index contributed by atoms with van der Waals surface area (Å²) in [4.78, 5) is 27.1. The lowest BCUT2D eigenvalue weighted by molar-refractivity contribution is 0.0784. The van der Waals surface area contributed by atoms with E-state index >= 15 is 0 Å². The van der Waals surface area contributed by atoms with Gasteiger partial charge in [-0.2, -0.15) is 5.10 Å². The highest BCUT2D eigenvalue weighted by Gasteiger charge is 2.19. The first kappa shape index (κ1) is 18.7. The van der Waals surface area contributed by atoms with Gasteiger partial charge in [-0.25, -0.2) is 9.97 Å². The molecule has 27 heavy (non-hydrogen) atoms. The van der Waals surface area contributed by atoms with Crippen molar-refractivity contribution in [2.45, 2.75) is 40.3 Å². The Labute approximate surface area is 159 Å². The van der Waals surface area contributed by atoms with Crippen molar-refractivity contribution in [2.24, 2.45) is 0 Å². The molecule has 0 saturated carbocycles. The number of pyridine rings is 1. The van der Waals surface area contributed by atoms with Gasteiger partial charge in [-0.05, 0) is 39.8 Å². The lowest BCUT2D eigenvalue weighted by atomic mass is 10.1. The molecule has 0 aliphatic rings. The lowest BCUT2D eigenvalue weighted by Gasteiger charge is -2.18. The Kier molecular flexibility index (Phi) is 5.30. The molecule has 0 aromatic carbocycles. The quantitative estimate of drug-likeness (QED) is 0.695. The number of carbonyl (C=O) groups is 1. The monoisotopic (exact) mass is 364 g/mol. The molecule has 3 aromatic heterocycles. The van der Waals surface area contributed by atoms with Crippen LogP contribution in [0.5, 0.6) is 0 Å². The van der Waals surface area contributed by atoms with Gasteiger partial charge >= 0.3 is 0 Å². The normalized spacial score (nSPS) is 11.0. The Bertz CT molecular complexity index is 931. The van der Waals surface area contributed by atoms with Crippen molar-refractivity contribution in [3.05, 3.63) is 59.4 Å². The average molecular weight is 364 g/mol. The third-order valence-corrected chi connectivity index (χ3v) is 4.54. The highest BCUT2D eigenvalue weighted by molar-refractivity contribution is 5.93. The van der Waals surface area contributed by atoms with E-state index < -0.39 is 0 Å². The van der Waals surface area contributed by atoms with Gasteiger partial charge in [0.25, 0.3) is 5.91 Å². The SMILES string of the molecule is Cc1nn(C(C)C)c(C)c1CN(C)C(=O)c1cnc(-c2ccncc2)nc1. The van der Waals surface area contributed by atoms with Gasteiger partial charge in [-0.1, -0.05) is 0 Å². The van der Waals surface area contributed by atoms with E-state index in [2.05, 4.69) is 33.9 Å². The molecule has 3 aromatic rings. The highest BCUT2D eigenvalue weighted by Crippen LogP contribution is 2.19. The Morgan fingerprint density at radius 1 is 1.15 bits per heavy atom. The summed E-state index contributed by atoms with van der Waals surface area (Å²) in [6, 6.07) is 3.95. The molecule has 0 aliphatic heterocycles. The first-order chi connectivity index (χ1) is 12.9. The summed E-state index contributed by atoms with van der Waals surface area (Å²) < 4.78 is 2.00. The Morgan fingerprint density at radius 3 is 2.33 bits per heavy atom. The van der Waals surface area contributed by atoms with E-state index in [4.69, 9.17) is 0 Å². The van der Waals surface area contributed by atoms with Crippen LogP contribution in [0.4, 0.5) is 0 Å². The molecule has 3 heterocycles. The summed E-state index contributed by atoms with van der Waals surface area (Å²) >= 11 is 0. The summed E-state index contributed by atoms with van der Waals surface area (Å²) in [5.41, 5.74) is 4.44. The van der Waals surface area contributed by atoms with Crippen molar-refractivity contribution in [3.63, 3.8) is 0 Å². The van der Waals surface area contributed by atoms with Crippen molar-refractivity contribution in [1.82, 2.24) is 29.6 Å². The molecule has 140 valence electrons. The smallest absolute Gasteiger partial charge is 0.257 e. The molecule has 0 aliphatic carbocycles. The van der Waals surface area contributed by atoms with Crippen LogP contribution >= 0.6 is 0 Å². The maximum absolute atomic E-state index is 12.8. The zero-order chi connectivity index (χ0) is 19.6. The number of rotatable bonds is 5. The molecule has 1 amide bonds. The van der Waals surface area contributed by atoms with E-state index in [1.165, 1.54) is 0 Å².